The number of ether oxygens (including phenoxy) is 1. The van der Waals surface area contributed by atoms with E-state index < -0.39 is 22.9 Å². The molecule has 0 atom stereocenters. The molecule has 1 fully saturated rings. The lowest BCUT2D eigenvalue weighted by Crippen LogP contribution is -2.36. The summed E-state index contributed by atoms with van der Waals surface area (Å²) < 4.78 is 45.1. The molecular weight excluding hydrogens is 315 g/mol. The molecule has 0 unspecified atom stereocenters. The number of morpholine rings is 1. The summed E-state index contributed by atoms with van der Waals surface area (Å²) >= 11 is 0. The molecule has 6 nitrogen and oxygen atoms in total. The number of alkyl halides is 3. The van der Waals surface area contributed by atoms with Gasteiger partial charge in [-0.3, -0.25) is 14.5 Å². The van der Waals surface area contributed by atoms with Crippen molar-refractivity contribution in [3.05, 3.63) is 44.0 Å². The number of hydrogen-bond acceptors (Lipinski definition) is 4. The quantitative estimate of drug-likeness (QED) is 0.808. The van der Waals surface area contributed by atoms with E-state index in [2.05, 4.69) is 9.97 Å². The molecule has 2 aromatic rings. The predicted octanol–water partition coefficient (Wildman–Crippen LogP) is 1.07. The number of nitrogens with zero attached hydrogens (tertiary/aromatic N) is 1. The molecule has 2 heterocycles. The summed E-state index contributed by atoms with van der Waals surface area (Å²) in [6.45, 7) is 2.11. The van der Waals surface area contributed by atoms with Crippen LogP contribution in [0.4, 0.5) is 13.2 Å². The van der Waals surface area contributed by atoms with Crippen molar-refractivity contribution < 1.29 is 17.9 Å². The van der Waals surface area contributed by atoms with Crippen molar-refractivity contribution in [1.29, 1.82) is 0 Å². The van der Waals surface area contributed by atoms with Crippen LogP contribution in [0.3, 0.4) is 0 Å². The van der Waals surface area contributed by atoms with E-state index in [9.17, 15) is 22.8 Å². The first kappa shape index (κ1) is 15.8. The van der Waals surface area contributed by atoms with Gasteiger partial charge in [-0.1, -0.05) is 0 Å². The minimum Gasteiger partial charge on any atom is -0.379 e. The molecule has 1 aliphatic heterocycles. The molecule has 1 aromatic carbocycles. The summed E-state index contributed by atoms with van der Waals surface area (Å²) in [5.41, 5.74) is -2.52. The van der Waals surface area contributed by atoms with E-state index in [1.807, 2.05) is 4.90 Å². The van der Waals surface area contributed by atoms with Crippen LogP contribution in [-0.2, 0) is 17.5 Å². The molecule has 124 valence electrons. The number of hydrogen-bond donors (Lipinski definition) is 2. The molecule has 0 amide bonds. The molecule has 1 aliphatic rings. The second kappa shape index (κ2) is 5.82. The zero-order valence-corrected chi connectivity index (χ0v) is 12.0. The Morgan fingerprint density at radius 1 is 1.04 bits per heavy atom. The Bertz CT molecular complexity index is 835. The van der Waals surface area contributed by atoms with Gasteiger partial charge < -0.3 is 14.7 Å². The van der Waals surface area contributed by atoms with Crippen LogP contribution in [0.1, 0.15) is 11.1 Å². The van der Waals surface area contributed by atoms with E-state index in [-0.39, 0.29) is 23.1 Å². The largest absolute Gasteiger partial charge is 0.416 e. The molecule has 0 aliphatic carbocycles. The Morgan fingerprint density at radius 3 is 2.17 bits per heavy atom. The SMILES string of the molecule is O=c1[nH]c2cc(CN3CCOCC3)c(C(F)(F)F)cc2[nH]c1=O. The van der Waals surface area contributed by atoms with Crippen molar-refractivity contribution in [3.63, 3.8) is 0 Å². The number of fused-ring (bicyclic) bond motifs is 1. The highest BCUT2D eigenvalue weighted by molar-refractivity contribution is 5.76. The van der Waals surface area contributed by atoms with Crippen LogP contribution in [0.2, 0.25) is 0 Å². The highest BCUT2D eigenvalue weighted by atomic mass is 19.4. The number of halogens is 3. The number of aromatic amines is 2. The van der Waals surface area contributed by atoms with E-state index >= 15 is 0 Å². The highest BCUT2D eigenvalue weighted by Crippen LogP contribution is 2.34. The first-order chi connectivity index (χ1) is 10.8. The van der Waals surface area contributed by atoms with Crippen molar-refractivity contribution >= 4 is 11.0 Å². The Balaban J connectivity index is 2.11. The van der Waals surface area contributed by atoms with E-state index in [4.69, 9.17) is 4.74 Å². The van der Waals surface area contributed by atoms with Crippen LogP contribution >= 0.6 is 0 Å². The van der Waals surface area contributed by atoms with Crippen molar-refractivity contribution in [3.8, 4) is 0 Å². The smallest absolute Gasteiger partial charge is 0.379 e. The summed E-state index contributed by atoms with van der Waals surface area (Å²) in [6.07, 6.45) is -4.55. The summed E-state index contributed by atoms with van der Waals surface area (Å²) in [4.78, 5) is 29.0. The second-order valence-corrected chi connectivity index (χ2v) is 5.35. The third-order valence-corrected chi connectivity index (χ3v) is 3.75. The van der Waals surface area contributed by atoms with Gasteiger partial charge in [0.2, 0.25) is 0 Å². The zero-order chi connectivity index (χ0) is 16.6. The fraction of sp³-hybridized carbons (Fsp3) is 0.429. The molecule has 2 N–H and O–H groups in total. The number of aromatic nitrogens is 2. The topological polar surface area (TPSA) is 78.2 Å². The van der Waals surface area contributed by atoms with Gasteiger partial charge >= 0.3 is 17.3 Å². The van der Waals surface area contributed by atoms with E-state index in [0.29, 0.717) is 26.3 Å². The van der Waals surface area contributed by atoms with E-state index in [1.54, 1.807) is 0 Å². The zero-order valence-electron chi connectivity index (χ0n) is 12.0. The molecule has 9 heteroatoms. The summed E-state index contributed by atoms with van der Waals surface area (Å²) in [5.74, 6) is 0. The van der Waals surface area contributed by atoms with Crippen LogP contribution in [0.25, 0.3) is 11.0 Å². The van der Waals surface area contributed by atoms with Gasteiger partial charge in [-0.25, -0.2) is 0 Å². The van der Waals surface area contributed by atoms with Crippen molar-refractivity contribution in [2.75, 3.05) is 26.3 Å². The highest BCUT2D eigenvalue weighted by Gasteiger charge is 2.34. The molecule has 23 heavy (non-hydrogen) atoms. The number of benzene rings is 1. The Morgan fingerprint density at radius 2 is 1.61 bits per heavy atom. The van der Waals surface area contributed by atoms with Crippen LogP contribution in [0, 0.1) is 0 Å². The van der Waals surface area contributed by atoms with E-state index in [0.717, 1.165) is 6.07 Å². The van der Waals surface area contributed by atoms with Gasteiger partial charge in [-0.05, 0) is 17.7 Å². The van der Waals surface area contributed by atoms with Gasteiger partial charge in [0.05, 0.1) is 29.8 Å². The maximum Gasteiger partial charge on any atom is 0.416 e. The fourth-order valence-corrected chi connectivity index (χ4v) is 2.60. The third kappa shape index (κ3) is 3.30. The molecule has 1 aromatic heterocycles. The lowest BCUT2D eigenvalue weighted by molar-refractivity contribution is -0.138. The lowest BCUT2D eigenvalue weighted by Gasteiger charge is -2.27. The molecule has 0 bridgehead atoms. The van der Waals surface area contributed by atoms with Gasteiger partial charge in [0.1, 0.15) is 0 Å². The fourth-order valence-electron chi connectivity index (χ4n) is 2.60. The standard InChI is InChI=1S/C14H14F3N3O3/c15-14(16,17)9-6-11-10(18-12(21)13(22)19-11)5-8(9)7-20-1-3-23-4-2-20/h5-6H,1-4,7H2,(H,18,21)(H,19,22). The molecule has 0 radical (unpaired) electrons. The number of nitrogens with one attached hydrogen (secondary N) is 2. The molecule has 1 saturated heterocycles. The average Bonchev–Trinajstić information content (AvgIpc) is 2.48. The summed E-state index contributed by atoms with van der Waals surface area (Å²) in [7, 11) is 0. The van der Waals surface area contributed by atoms with Crippen LogP contribution in [0.15, 0.2) is 21.7 Å². The average molecular weight is 329 g/mol. The second-order valence-electron chi connectivity index (χ2n) is 5.35. The van der Waals surface area contributed by atoms with Crippen LogP contribution < -0.4 is 11.1 Å². The maximum absolute atomic E-state index is 13.3. The normalized spacial score (nSPS) is 16.8. The molecule has 3 rings (SSSR count). The van der Waals surface area contributed by atoms with Crippen LogP contribution in [0.5, 0.6) is 0 Å². The lowest BCUT2D eigenvalue weighted by atomic mass is 10.0. The van der Waals surface area contributed by atoms with Gasteiger partial charge in [0.15, 0.2) is 0 Å². The van der Waals surface area contributed by atoms with Gasteiger partial charge in [0, 0.05) is 19.6 Å². The van der Waals surface area contributed by atoms with Crippen molar-refractivity contribution in [2.24, 2.45) is 0 Å². The van der Waals surface area contributed by atoms with Gasteiger partial charge in [0.25, 0.3) is 0 Å². The van der Waals surface area contributed by atoms with Gasteiger partial charge in [-0.15, -0.1) is 0 Å². The Labute approximate surface area is 127 Å². The molecule has 0 spiro atoms. The predicted molar refractivity (Wildman–Crippen MR) is 76.3 cm³/mol. The summed E-state index contributed by atoms with van der Waals surface area (Å²) in [5, 5.41) is 0. The Hall–Kier alpha value is -2.13. The van der Waals surface area contributed by atoms with E-state index in [1.165, 1.54) is 6.07 Å². The first-order valence-corrected chi connectivity index (χ1v) is 7.01. The van der Waals surface area contributed by atoms with Crippen molar-refractivity contribution in [2.45, 2.75) is 12.7 Å². The maximum atomic E-state index is 13.3. The van der Waals surface area contributed by atoms with Crippen LogP contribution in [-0.4, -0.2) is 41.2 Å². The molecule has 0 saturated carbocycles. The van der Waals surface area contributed by atoms with Gasteiger partial charge in [-0.2, -0.15) is 13.2 Å². The first-order valence-electron chi connectivity index (χ1n) is 7.01. The minimum atomic E-state index is -4.55. The minimum absolute atomic E-state index is 0.0485. The third-order valence-electron chi connectivity index (χ3n) is 3.75. The summed E-state index contributed by atoms with van der Waals surface area (Å²) in [6, 6.07) is 2.13. The van der Waals surface area contributed by atoms with Crippen molar-refractivity contribution in [1.82, 2.24) is 14.9 Å². The molecular formula is C14H14F3N3O3. The monoisotopic (exact) mass is 329 g/mol. The number of H-pyrrole nitrogens is 2. The Kier molecular flexibility index (Phi) is 3.99. The number of rotatable bonds is 2.